The summed E-state index contributed by atoms with van der Waals surface area (Å²) in [6.07, 6.45) is 1.02. The molecular weight excluding hydrogens is 318 g/mol. The number of hydrogen-bond donors (Lipinski definition) is 3. The Bertz CT molecular complexity index is 511. The van der Waals surface area contributed by atoms with Crippen LogP contribution in [0.5, 0.6) is 5.75 Å². The van der Waals surface area contributed by atoms with Gasteiger partial charge in [0.2, 0.25) is 0 Å². The van der Waals surface area contributed by atoms with E-state index in [1.807, 2.05) is 13.8 Å². The number of amides is 2. The number of ether oxygens (including phenoxy) is 1. The van der Waals surface area contributed by atoms with Crippen LogP contribution in [0.3, 0.4) is 0 Å². The van der Waals surface area contributed by atoms with Crippen molar-refractivity contribution in [2.75, 3.05) is 11.9 Å². The van der Waals surface area contributed by atoms with E-state index in [1.165, 1.54) is 18.2 Å². The van der Waals surface area contributed by atoms with Crippen molar-refractivity contribution in [1.29, 1.82) is 0 Å². The fourth-order valence-corrected chi connectivity index (χ4v) is 1.92. The highest BCUT2D eigenvalue weighted by molar-refractivity contribution is 6.32. The van der Waals surface area contributed by atoms with E-state index in [9.17, 15) is 18.7 Å². The first-order valence-corrected chi connectivity index (χ1v) is 7.19. The third-order valence-corrected chi connectivity index (χ3v) is 3.60. The van der Waals surface area contributed by atoms with Crippen LogP contribution in [0.25, 0.3) is 0 Å². The van der Waals surface area contributed by atoms with Crippen molar-refractivity contribution in [3.8, 4) is 5.75 Å². The molecule has 5 nitrogen and oxygen atoms in total. The molecule has 0 saturated heterocycles. The normalized spacial score (nSPS) is 11.4. The predicted octanol–water partition coefficient (Wildman–Crippen LogP) is 3.61. The molecule has 0 aliphatic rings. The van der Waals surface area contributed by atoms with E-state index in [0.29, 0.717) is 18.5 Å². The smallest absolute Gasteiger partial charge is 0.387 e. The Morgan fingerprint density at radius 3 is 2.55 bits per heavy atom. The second kappa shape index (κ2) is 8.14. The van der Waals surface area contributed by atoms with Crippen LogP contribution in [0.15, 0.2) is 18.2 Å². The minimum Gasteiger partial charge on any atom is -0.433 e. The molecule has 8 heteroatoms. The van der Waals surface area contributed by atoms with Crippen LogP contribution in [-0.2, 0) is 0 Å². The van der Waals surface area contributed by atoms with E-state index in [4.69, 9.17) is 11.6 Å². The zero-order valence-corrected chi connectivity index (χ0v) is 13.1. The van der Waals surface area contributed by atoms with Gasteiger partial charge in [-0.25, -0.2) is 4.79 Å². The van der Waals surface area contributed by atoms with E-state index < -0.39 is 18.2 Å². The molecule has 22 heavy (non-hydrogen) atoms. The number of anilines is 1. The van der Waals surface area contributed by atoms with Crippen LogP contribution in [0.4, 0.5) is 19.3 Å². The average Bonchev–Trinajstić information content (AvgIpc) is 2.47. The number of carbonyl (C=O) groups excluding carboxylic acids is 1. The van der Waals surface area contributed by atoms with Crippen molar-refractivity contribution in [2.45, 2.75) is 38.9 Å². The topological polar surface area (TPSA) is 70.6 Å². The average molecular weight is 337 g/mol. The largest absolute Gasteiger partial charge is 0.433 e. The molecule has 1 aromatic carbocycles. The van der Waals surface area contributed by atoms with E-state index in [1.54, 1.807) is 0 Å². The molecule has 0 aromatic heterocycles. The lowest BCUT2D eigenvalue weighted by molar-refractivity contribution is -0.0497. The van der Waals surface area contributed by atoms with E-state index >= 15 is 0 Å². The van der Waals surface area contributed by atoms with Gasteiger partial charge in [0.05, 0.1) is 10.6 Å². The molecule has 0 fully saturated rings. The second-order valence-electron chi connectivity index (χ2n) is 4.76. The van der Waals surface area contributed by atoms with Crippen molar-refractivity contribution >= 4 is 23.3 Å². The molecule has 0 bridgehead atoms. The number of hydrogen-bond acceptors (Lipinski definition) is 3. The zero-order valence-electron chi connectivity index (χ0n) is 12.3. The molecular formula is C14H19ClF2N2O3. The molecule has 0 saturated carbocycles. The number of urea groups is 1. The Kier molecular flexibility index (Phi) is 6.83. The molecule has 1 aromatic rings. The number of nitrogens with one attached hydrogen (secondary N) is 2. The molecule has 3 N–H and O–H groups in total. The lowest BCUT2D eigenvalue weighted by atomic mass is 9.98. The maximum atomic E-state index is 12.1. The summed E-state index contributed by atoms with van der Waals surface area (Å²) in [5, 5.41) is 15.1. The lowest BCUT2D eigenvalue weighted by Gasteiger charge is -2.25. The summed E-state index contributed by atoms with van der Waals surface area (Å²) in [5.74, 6) is -0.172. The van der Waals surface area contributed by atoms with Crippen molar-refractivity contribution < 1.29 is 23.4 Å². The van der Waals surface area contributed by atoms with Crippen LogP contribution >= 0.6 is 11.6 Å². The summed E-state index contributed by atoms with van der Waals surface area (Å²) in [6.45, 7) is 0.779. The Morgan fingerprint density at radius 1 is 1.41 bits per heavy atom. The van der Waals surface area contributed by atoms with Crippen LogP contribution in [-0.4, -0.2) is 29.9 Å². The monoisotopic (exact) mass is 336 g/mol. The highest BCUT2D eigenvalue weighted by Crippen LogP contribution is 2.28. The number of alkyl halides is 2. The van der Waals surface area contributed by atoms with Crippen LogP contribution in [0.2, 0.25) is 5.02 Å². The van der Waals surface area contributed by atoms with Crippen molar-refractivity contribution in [3.05, 3.63) is 23.2 Å². The minimum absolute atomic E-state index is 0.0447. The SMILES string of the molecule is CCC(O)(CC)CNC(=O)Nc1ccc(OC(F)F)c(Cl)c1. The van der Waals surface area contributed by atoms with Gasteiger partial charge in [-0.15, -0.1) is 0 Å². The van der Waals surface area contributed by atoms with Crippen molar-refractivity contribution in [3.63, 3.8) is 0 Å². The van der Waals surface area contributed by atoms with Gasteiger partial charge in [0.1, 0.15) is 5.75 Å². The minimum atomic E-state index is -2.97. The van der Waals surface area contributed by atoms with Gasteiger partial charge < -0.3 is 20.5 Å². The molecule has 0 heterocycles. The summed E-state index contributed by atoms with van der Waals surface area (Å²) in [4.78, 5) is 11.7. The summed E-state index contributed by atoms with van der Waals surface area (Å²) in [7, 11) is 0. The van der Waals surface area contributed by atoms with Gasteiger partial charge in [-0.3, -0.25) is 0 Å². The fourth-order valence-electron chi connectivity index (χ4n) is 1.69. The van der Waals surface area contributed by atoms with Crippen LogP contribution in [0.1, 0.15) is 26.7 Å². The highest BCUT2D eigenvalue weighted by Gasteiger charge is 2.22. The standard InChI is InChI=1S/C14H19ClF2N2O3/c1-3-14(21,4-2)8-18-13(20)19-9-5-6-11(10(15)7-9)22-12(16)17/h5-7,12,21H,3-4,8H2,1-2H3,(H2,18,19,20). The van der Waals surface area contributed by atoms with Gasteiger partial charge in [0.15, 0.2) is 0 Å². The first-order chi connectivity index (χ1) is 10.3. The molecule has 2 amide bonds. The number of benzene rings is 1. The molecule has 0 radical (unpaired) electrons. The van der Waals surface area contributed by atoms with Gasteiger partial charge in [-0.05, 0) is 31.0 Å². The Morgan fingerprint density at radius 2 is 2.05 bits per heavy atom. The number of halogens is 3. The number of aliphatic hydroxyl groups is 1. The molecule has 0 aliphatic carbocycles. The summed E-state index contributed by atoms with van der Waals surface area (Å²) in [5.41, 5.74) is -0.634. The van der Waals surface area contributed by atoms with E-state index in [2.05, 4.69) is 15.4 Å². The van der Waals surface area contributed by atoms with Gasteiger partial charge in [0.25, 0.3) is 0 Å². The third kappa shape index (κ3) is 5.65. The number of rotatable bonds is 7. The summed E-state index contributed by atoms with van der Waals surface area (Å²) < 4.78 is 28.4. The third-order valence-electron chi connectivity index (χ3n) is 3.30. The van der Waals surface area contributed by atoms with Gasteiger partial charge in [-0.2, -0.15) is 8.78 Å². The molecule has 1 rings (SSSR count). The maximum Gasteiger partial charge on any atom is 0.387 e. The van der Waals surface area contributed by atoms with E-state index in [-0.39, 0.29) is 17.3 Å². The van der Waals surface area contributed by atoms with Gasteiger partial charge in [0, 0.05) is 12.2 Å². The first-order valence-electron chi connectivity index (χ1n) is 6.81. The van der Waals surface area contributed by atoms with Gasteiger partial charge in [-0.1, -0.05) is 25.4 Å². The number of carbonyl (C=O) groups is 1. The van der Waals surface area contributed by atoms with Crippen molar-refractivity contribution in [2.24, 2.45) is 0 Å². The fraction of sp³-hybridized carbons (Fsp3) is 0.500. The van der Waals surface area contributed by atoms with Crippen molar-refractivity contribution in [1.82, 2.24) is 5.32 Å². The molecule has 0 aliphatic heterocycles. The Labute approximate surface area is 132 Å². The lowest BCUT2D eigenvalue weighted by Crippen LogP contribution is -2.43. The Balaban J connectivity index is 2.60. The van der Waals surface area contributed by atoms with Gasteiger partial charge >= 0.3 is 12.6 Å². The summed E-state index contributed by atoms with van der Waals surface area (Å²) in [6, 6.07) is 3.39. The maximum absolute atomic E-state index is 12.1. The quantitative estimate of drug-likeness (QED) is 0.712. The Hall–Kier alpha value is -1.60. The molecule has 0 unspecified atom stereocenters. The second-order valence-corrected chi connectivity index (χ2v) is 5.17. The van der Waals surface area contributed by atoms with E-state index in [0.717, 1.165) is 0 Å². The molecule has 0 spiro atoms. The highest BCUT2D eigenvalue weighted by atomic mass is 35.5. The first kappa shape index (κ1) is 18.4. The van der Waals surface area contributed by atoms with Crippen LogP contribution in [0, 0.1) is 0 Å². The molecule has 124 valence electrons. The van der Waals surface area contributed by atoms with Crippen LogP contribution < -0.4 is 15.4 Å². The predicted molar refractivity (Wildman–Crippen MR) is 80.6 cm³/mol. The zero-order chi connectivity index (χ0) is 16.8. The summed E-state index contributed by atoms with van der Waals surface area (Å²) >= 11 is 5.78. The molecule has 0 atom stereocenters.